The first-order valence-electron chi connectivity index (χ1n) is 4.40. The molecule has 2 atom stereocenters. The predicted octanol–water partition coefficient (Wildman–Crippen LogP) is 1.09. The van der Waals surface area contributed by atoms with E-state index in [2.05, 4.69) is 26.1 Å². The van der Waals surface area contributed by atoms with Gasteiger partial charge in [0.25, 0.3) is 0 Å². The van der Waals surface area contributed by atoms with Crippen LogP contribution in [-0.4, -0.2) is 30.0 Å². The molecule has 1 aliphatic rings. The zero-order chi connectivity index (χ0) is 9.41. The van der Waals surface area contributed by atoms with Crippen molar-refractivity contribution in [3.05, 3.63) is 0 Å². The van der Waals surface area contributed by atoms with Gasteiger partial charge in [0, 0.05) is 12.1 Å². The molecule has 0 aromatic heterocycles. The summed E-state index contributed by atoms with van der Waals surface area (Å²) in [7, 11) is 0. The van der Waals surface area contributed by atoms with Crippen LogP contribution in [0.2, 0.25) is 0 Å². The van der Waals surface area contributed by atoms with Gasteiger partial charge in [0.15, 0.2) is 0 Å². The Morgan fingerprint density at radius 3 is 2.33 bits per heavy atom. The Balaban J connectivity index is 2.26. The van der Waals surface area contributed by atoms with Crippen LogP contribution in [0.1, 0.15) is 27.2 Å². The fraction of sp³-hybridized carbons (Fsp3) is 1.00. The van der Waals surface area contributed by atoms with Crippen LogP contribution >= 0.6 is 0 Å². The molecule has 12 heavy (non-hydrogen) atoms. The standard InChI is InChI=1S/C9H18FNO/c1-8(2)6-9(8,3)11-5-7(12)4-10/h7,11-12H,4-6H2,1-3H3. The molecule has 2 N–H and O–H groups in total. The fourth-order valence-corrected chi connectivity index (χ4v) is 1.54. The molecule has 0 aromatic carbocycles. The molecule has 0 bridgehead atoms. The molecule has 1 aliphatic carbocycles. The van der Waals surface area contributed by atoms with Gasteiger partial charge in [0.2, 0.25) is 0 Å². The molecule has 2 unspecified atom stereocenters. The van der Waals surface area contributed by atoms with E-state index in [-0.39, 0.29) is 5.54 Å². The highest BCUT2D eigenvalue weighted by Gasteiger charge is 2.57. The average molecular weight is 175 g/mol. The van der Waals surface area contributed by atoms with Crippen molar-refractivity contribution >= 4 is 0 Å². The molecule has 0 saturated heterocycles. The second-order valence-electron chi connectivity index (χ2n) is 4.58. The van der Waals surface area contributed by atoms with E-state index in [0.717, 1.165) is 6.42 Å². The van der Waals surface area contributed by atoms with Gasteiger partial charge in [-0.3, -0.25) is 0 Å². The highest BCUT2D eigenvalue weighted by atomic mass is 19.1. The third-order valence-electron chi connectivity index (χ3n) is 3.07. The van der Waals surface area contributed by atoms with Gasteiger partial charge in [-0.25, -0.2) is 4.39 Å². The molecule has 3 heteroatoms. The maximum atomic E-state index is 11.9. The predicted molar refractivity (Wildman–Crippen MR) is 46.8 cm³/mol. The average Bonchev–Trinajstić information content (AvgIpc) is 2.47. The molecule has 2 nitrogen and oxygen atoms in total. The molecule has 1 rings (SSSR count). The highest BCUT2D eigenvalue weighted by molar-refractivity contribution is 5.14. The van der Waals surface area contributed by atoms with E-state index in [1.165, 1.54) is 0 Å². The van der Waals surface area contributed by atoms with Crippen LogP contribution in [0, 0.1) is 5.41 Å². The maximum Gasteiger partial charge on any atom is 0.117 e. The number of rotatable bonds is 4. The van der Waals surface area contributed by atoms with Crippen molar-refractivity contribution < 1.29 is 9.50 Å². The van der Waals surface area contributed by atoms with E-state index >= 15 is 0 Å². The molecule has 0 radical (unpaired) electrons. The summed E-state index contributed by atoms with van der Waals surface area (Å²) in [5.74, 6) is 0. The number of nitrogens with one attached hydrogen (secondary N) is 1. The number of aliphatic hydroxyl groups is 1. The minimum atomic E-state index is -0.849. The number of hydrogen-bond acceptors (Lipinski definition) is 2. The quantitative estimate of drug-likeness (QED) is 0.670. The summed E-state index contributed by atoms with van der Waals surface area (Å²) in [6.07, 6.45) is 0.247. The number of aliphatic hydroxyl groups excluding tert-OH is 1. The molecule has 0 spiro atoms. The lowest BCUT2D eigenvalue weighted by molar-refractivity contribution is 0.131. The molecule has 0 aromatic rings. The number of halogens is 1. The minimum Gasteiger partial charge on any atom is -0.389 e. The van der Waals surface area contributed by atoms with Crippen molar-refractivity contribution in [1.82, 2.24) is 5.32 Å². The van der Waals surface area contributed by atoms with Gasteiger partial charge in [-0.05, 0) is 18.8 Å². The van der Waals surface area contributed by atoms with Gasteiger partial charge in [-0.2, -0.15) is 0 Å². The monoisotopic (exact) mass is 175 g/mol. The molecule has 0 heterocycles. The Hall–Kier alpha value is -0.150. The third kappa shape index (κ3) is 1.77. The van der Waals surface area contributed by atoms with Gasteiger partial charge >= 0.3 is 0 Å². The molecular weight excluding hydrogens is 157 g/mol. The van der Waals surface area contributed by atoms with Gasteiger partial charge in [0.1, 0.15) is 6.67 Å². The summed E-state index contributed by atoms with van der Waals surface area (Å²) < 4.78 is 11.9. The summed E-state index contributed by atoms with van der Waals surface area (Å²) in [5, 5.41) is 12.2. The lowest BCUT2D eigenvalue weighted by Gasteiger charge is -2.18. The van der Waals surface area contributed by atoms with Gasteiger partial charge < -0.3 is 10.4 Å². The van der Waals surface area contributed by atoms with E-state index < -0.39 is 12.8 Å². The lowest BCUT2D eigenvalue weighted by atomic mass is 10.1. The number of hydrogen-bond donors (Lipinski definition) is 2. The van der Waals surface area contributed by atoms with Crippen molar-refractivity contribution in [2.75, 3.05) is 13.2 Å². The van der Waals surface area contributed by atoms with E-state index in [4.69, 9.17) is 5.11 Å². The van der Waals surface area contributed by atoms with Crippen LogP contribution in [-0.2, 0) is 0 Å². The molecule has 1 saturated carbocycles. The molecule has 0 aliphatic heterocycles. The first-order chi connectivity index (χ1) is 5.41. The van der Waals surface area contributed by atoms with E-state index in [1.54, 1.807) is 0 Å². The van der Waals surface area contributed by atoms with Crippen molar-refractivity contribution in [3.8, 4) is 0 Å². The second kappa shape index (κ2) is 2.96. The first kappa shape index (κ1) is 9.93. The zero-order valence-corrected chi connectivity index (χ0v) is 8.02. The topological polar surface area (TPSA) is 32.3 Å². The molecule has 72 valence electrons. The summed E-state index contributed by atoms with van der Waals surface area (Å²) in [5.41, 5.74) is 0.395. The Morgan fingerprint density at radius 1 is 1.50 bits per heavy atom. The zero-order valence-electron chi connectivity index (χ0n) is 8.02. The largest absolute Gasteiger partial charge is 0.389 e. The minimum absolute atomic E-state index is 0.100. The first-order valence-corrected chi connectivity index (χ1v) is 4.40. The second-order valence-corrected chi connectivity index (χ2v) is 4.58. The Kier molecular flexibility index (Phi) is 2.45. The van der Waals surface area contributed by atoms with E-state index in [9.17, 15) is 4.39 Å². The van der Waals surface area contributed by atoms with E-state index in [1.807, 2.05) is 0 Å². The highest BCUT2D eigenvalue weighted by Crippen LogP contribution is 2.54. The lowest BCUT2D eigenvalue weighted by Crippen LogP contribution is -2.39. The van der Waals surface area contributed by atoms with Crippen LogP contribution in [0.25, 0.3) is 0 Å². The van der Waals surface area contributed by atoms with Gasteiger partial charge in [-0.1, -0.05) is 13.8 Å². The Morgan fingerprint density at radius 2 is 2.00 bits per heavy atom. The SMILES string of the molecule is CC1(C)CC1(C)NCC(O)CF. The number of β-amino-alcohol motifs (C(OH)–C–C–N with tert-alkyl or cyclic N) is 1. The van der Waals surface area contributed by atoms with Crippen molar-refractivity contribution in [1.29, 1.82) is 0 Å². The van der Waals surface area contributed by atoms with Crippen LogP contribution in [0.5, 0.6) is 0 Å². The summed E-state index contributed by atoms with van der Waals surface area (Å²) in [4.78, 5) is 0. The maximum absolute atomic E-state index is 11.9. The summed E-state index contributed by atoms with van der Waals surface area (Å²) in [6.45, 7) is 6.14. The van der Waals surface area contributed by atoms with E-state index in [0.29, 0.717) is 12.0 Å². The summed E-state index contributed by atoms with van der Waals surface area (Å²) in [6, 6.07) is 0. The van der Waals surface area contributed by atoms with Crippen LogP contribution in [0.4, 0.5) is 4.39 Å². The fourth-order valence-electron chi connectivity index (χ4n) is 1.54. The molecule has 0 amide bonds. The van der Waals surface area contributed by atoms with Crippen LogP contribution < -0.4 is 5.32 Å². The van der Waals surface area contributed by atoms with Gasteiger partial charge in [-0.15, -0.1) is 0 Å². The Bertz CT molecular complexity index is 172. The van der Waals surface area contributed by atoms with Crippen molar-refractivity contribution in [2.24, 2.45) is 5.41 Å². The Labute approximate surface area is 73.2 Å². The molecular formula is C9H18FNO. The van der Waals surface area contributed by atoms with Crippen molar-refractivity contribution in [3.63, 3.8) is 0 Å². The van der Waals surface area contributed by atoms with Crippen molar-refractivity contribution in [2.45, 2.75) is 38.8 Å². The van der Waals surface area contributed by atoms with Crippen LogP contribution in [0.15, 0.2) is 0 Å². The summed E-state index contributed by atoms with van der Waals surface area (Å²) >= 11 is 0. The van der Waals surface area contributed by atoms with Gasteiger partial charge in [0.05, 0.1) is 6.10 Å². The number of alkyl halides is 1. The third-order valence-corrected chi connectivity index (χ3v) is 3.07. The normalized spacial score (nSPS) is 34.8. The van der Waals surface area contributed by atoms with Crippen LogP contribution in [0.3, 0.4) is 0 Å². The molecule has 1 fully saturated rings. The smallest absolute Gasteiger partial charge is 0.117 e.